The molecule has 0 spiro atoms. The van der Waals surface area contributed by atoms with E-state index in [0.29, 0.717) is 11.1 Å². The largest absolute Gasteiger partial charge is 0.384 e. The lowest BCUT2D eigenvalue weighted by Gasteiger charge is -2.19. The molecule has 0 aromatic heterocycles. The Bertz CT molecular complexity index is 696. The van der Waals surface area contributed by atoms with Crippen molar-refractivity contribution in [3.05, 3.63) is 89.0 Å². The Morgan fingerprint density at radius 1 is 0.950 bits per heavy atom. The van der Waals surface area contributed by atoms with Crippen molar-refractivity contribution in [2.24, 2.45) is 0 Å². The zero-order chi connectivity index (χ0) is 13.9. The van der Waals surface area contributed by atoms with Gasteiger partial charge in [0.2, 0.25) is 0 Å². The molecule has 0 amide bonds. The summed E-state index contributed by atoms with van der Waals surface area (Å²) >= 11 is 0. The first-order valence-corrected chi connectivity index (χ1v) is 6.52. The first-order chi connectivity index (χ1) is 9.75. The van der Waals surface area contributed by atoms with Crippen LogP contribution in [0.5, 0.6) is 0 Å². The summed E-state index contributed by atoms with van der Waals surface area (Å²) in [6.07, 6.45) is 4.48. The minimum Gasteiger partial charge on any atom is -0.384 e. The highest BCUT2D eigenvalue weighted by molar-refractivity contribution is 6.05. The molecule has 1 aliphatic carbocycles. The Labute approximate surface area is 117 Å². The Kier molecular flexibility index (Phi) is 3.32. The van der Waals surface area contributed by atoms with Crippen molar-refractivity contribution in [1.29, 1.82) is 0 Å². The van der Waals surface area contributed by atoms with Crippen molar-refractivity contribution in [3.8, 4) is 0 Å². The van der Waals surface area contributed by atoms with Crippen LogP contribution in [-0.4, -0.2) is 10.9 Å². The van der Waals surface area contributed by atoms with Gasteiger partial charge in [-0.05, 0) is 22.8 Å². The van der Waals surface area contributed by atoms with E-state index in [2.05, 4.69) is 0 Å². The molecule has 0 radical (unpaired) electrons. The van der Waals surface area contributed by atoms with Gasteiger partial charge >= 0.3 is 0 Å². The van der Waals surface area contributed by atoms with Gasteiger partial charge in [-0.15, -0.1) is 0 Å². The van der Waals surface area contributed by atoms with E-state index in [1.807, 2.05) is 48.5 Å². The van der Waals surface area contributed by atoms with E-state index in [4.69, 9.17) is 0 Å². The quantitative estimate of drug-likeness (QED) is 0.663. The summed E-state index contributed by atoms with van der Waals surface area (Å²) in [5.41, 5.74) is 3.07. The molecule has 0 saturated carbocycles. The predicted molar refractivity (Wildman–Crippen MR) is 79.3 cm³/mol. The lowest BCUT2D eigenvalue weighted by molar-refractivity contribution is 0.104. The van der Waals surface area contributed by atoms with Crippen molar-refractivity contribution in [3.63, 3.8) is 0 Å². The Hall–Kier alpha value is -2.45. The van der Waals surface area contributed by atoms with Gasteiger partial charge < -0.3 is 5.11 Å². The first kappa shape index (κ1) is 12.6. The van der Waals surface area contributed by atoms with Crippen LogP contribution in [0.15, 0.2) is 72.3 Å². The summed E-state index contributed by atoms with van der Waals surface area (Å²) in [6.45, 7) is 0. The number of ketones is 1. The fourth-order valence-corrected chi connectivity index (χ4v) is 2.33. The molecule has 98 valence electrons. The van der Waals surface area contributed by atoms with Crippen molar-refractivity contribution in [1.82, 2.24) is 0 Å². The van der Waals surface area contributed by atoms with Gasteiger partial charge in [-0.2, -0.15) is 0 Å². The van der Waals surface area contributed by atoms with E-state index in [9.17, 15) is 9.90 Å². The average molecular weight is 262 g/mol. The van der Waals surface area contributed by atoms with Crippen LogP contribution in [0.1, 0.15) is 27.6 Å². The number of hydrogen-bond donors (Lipinski definition) is 1. The van der Waals surface area contributed by atoms with Gasteiger partial charge in [0.15, 0.2) is 5.78 Å². The molecule has 0 aliphatic heterocycles. The number of allylic oxidation sites excluding steroid dienone is 1. The third-order valence-electron chi connectivity index (χ3n) is 3.42. The molecule has 3 rings (SSSR count). The summed E-state index contributed by atoms with van der Waals surface area (Å²) in [5, 5.41) is 10.3. The molecule has 2 aromatic rings. The molecule has 0 saturated heterocycles. The van der Waals surface area contributed by atoms with Crippen molar-refractivity contribution < 1.29 is 9.90 Å². The van der Waals surface area contributed by atoms with Crippen molar-refractivity contribution in [2.75, 3.05) is 0 Å². The van der Waals surface area contributed by atoms with Crippen LogP contribution in [-0.2, 0) is 0 Å². The molecule has 2 aromatic carbocycles. The van der Waals surface area contributed by atoms with Crippen LogP contribution in [0.3, 0.4) is 0 Å². The third-order valence-corrected chi connectivity index (χ3v) is 3.42. The van der Waals surface area contributed by atoms with Crippen LogP contribution >= 0.6 is 0 Å². The molecule has 0 heterocycles. The number of hydrogen-bond acceptors (Lipinski definition) is 2. The van der Waals surface area contributed by atoms with E-state index >= 15 is 0 Å². The topological polar surface area (TPSA) is 37.3 Å². The van der Waals surface area contributed by atoms with Gasteiger partial charge in [0.1, 0.15) is 6.10 Å². The molecular formula is C18H14O2. The van der Waals surface area contributed by atoms with Gasteiger partial charge in [-0.3, -0.25) is 4.79 Å². The SMILES string of the molecule is O=C(/C=C1\C=Cc2ccccc2C1O)c1ccccc1. The van der Waals surface area contributed by atoms with E-state index in [0.717, 1.165) is 11.1 Å². The highest BCUT2D eigenvalue weighted by atomic mass is 16.3. The van der Waals surface area contributed by atoms with E-state index in [1.165, 1.54) is 6.08 Å². The summed E-state index contributed by atoms with van der Waals surface area (Å²) in [7, 11) is 0. The third kappa shape index (κ3) is 2.33. The molecule has 1 unspecified atom stereocenters. The Balaban J connectivity index is 1.93. The smallest absolute Gasteiger partial charge is 0.186 e. The first-order valence-electron chi connectivity index (χ1n) is 6.52. The number of aliphatic hydroxyl groups excluding tert-OH is 1. The van der Waals surface area contributed by atoms with Crippen LogP contribution in [0.4, 0.5) is 0 Å². The second-order valence-electron chi connectivity index (χ2n) is 4.74. The molecule has 1 N–H and O–H groups in total. The van der Waals surface area contributed by atoms with Gasteiger partial charge in [-0.25, -0.2) is 0 Å². The minimum absolute atomic E-state index is 0.0938. The second kappa shape index (κ2) is 5.27. The van der Waals surface area contributed by atoms with Crippen LogP contribution < -0.4 is 0 Å². The standard InChI is InChI=1S/C18H14O2/c19-17(14-7-2-1-3-8-14)12-15-11-10-13-6-4-5-9-16(13)18(15)20/h1-12,18,20H/b15-12+. The van der Waals surface area contributed by atoms with Crippen LogP contribution in [0.25, 0.3) is 6.08 Å². The average Bonchev–Trinajstić information content (AvgIpc) is 2.51. The van der Waals surface area contributed by atoms with Gasteiger partial charge in [0.05, 0.1) is 0 Å². The highest BCUT2D eigenvalue weighted by Crippen LogP contribution is 2.31. The molecule has 20 heavy (non-hydrogen) atoms. The maximum atomic E-state index is 12.1. The number of carbonyl (C=O) groups is 1. The van der Waals surface area contributed by atoms with Crippen LogP contribution in [0.2, 0.25) is 0 Å². The van der Waals surface area contributed by atoms with Crippen LogP contribution in [0, 0.1) is 0 Å². The monoisotopic (exact) mass is 262 g/mol. The lowest BCUT2D eigenvalue weighted by Crippen LogP contribution is -2.08. The normalized spacial score (nSPS) is 18.9. The molecule has 0 bridgehead atoms. The van der Waals surface area contributed by atoms with E-state index in [1.54, 1.807) is 18.2 Å². The summed E-state index contributed by atoms with van der Waals surface area (Å²) in [5.74, 6) is -0.0938. The van der Waals surface area contributed by atoms with Gasteiger partial charge in [0, 0.05) is 5.56 Å². The zero-order valence-electron chi connectivity index (χ0n) is 10.9. The molecule has 1 atom stereocenters. The maximum absolute atomic E-state index is 12.1. The summed E-state index contributed by atoms with van der Waals surface area (Å²) < 4.78 is 0. The number of aliphatic hydroxyl groups is 1. The predicted octanol–water partition coefficient (Wildman–Crippen LogP) is 3.56. The highest BCUT2D eigenvalue weighted by Gasteiger charge is 2.19. The number of rotatable bonds is 2. The lowest BCUT2D eigenvalue weighted by atomic mass is 9.90. The molecule has 0 fully saturated rings. The summed E-state index contributed by atoms with van der Waals surface area (Å²) in [4.78, 5) is 12.1. The second-order valence-corrected chi connectivity index (χ2v) is 4.74. The van der Waals surface area contributed by atoms with Crippen molar-refractivity contribution >= 4 is 11.9 Å². The maximum Gasteiger partial charge on any atom is 0.186 e. The van der Waals surface area contributed by atoms with Gasteiger partial charge in [0.25, 0.3) is 0 Å². The van der Waals surface area contributed by atoms with E-state index < -0.39 is 6.10 Å². The fourth-order valence-electron chi connectivity index (χ4n) is 2.33. The van der Waals surface area contributed by atoms with Gasteiger partial charge in [-0.1, -0.05) is 66.7 Å². The summed E-state index contributed by atoms with van der Waals surface area (Å²) in [6, 6.07) is 16.7. The number of fused-ring (bicyclic) bond motifs is 1. The Morgan fingerprint density at radius 2 is 1.65 bits per heavy atom. The molecule has 2 heteroatoms. The zero-order valence-corrected chi connectivity index (χ0v) is 10.9. The number of carbonyl (C=O) groups excluding carboxylic acids is 1. The molecular weight excluding hydrogens is 248 g/mol. The molecule has 2 nitrogen and oxygen atoms in total. The fraction of sp³-hybridized carbons (Fsp3) is 0.0556. The Morgan fingerprint density at radius 3 is 2.45 bits per heavy atom. The minimum atomic E-state index is -0.746. The number of benzene rings is 2. The van der Waals surface area contributed by atoms with E-state index in [-0.39, 0.29) is 5.78 Å². The van der Waals surface area contributed by atoms with Crippen molar-refractivity contribution in [2.45, 2.75) is 6.10 Å². The molecule has 1 aliphatic rings.